The van der Waals surface area contributed by atoms with Gasteiger partial charge in [-0.25, -0.2) is 4.79 Å². The molecule has 0 unspecified atom stereocenters. The summed E-state index contributed by atoms with van der Waals surface area (Å²) in [4.78, 5) is 21.8. The number of rotatable bonds is 6. The van der Waals surface area contributed by atoms with Crippen LogP contribution in [-0.4, -0.2) is 30.3 Å². The number of aryl methyl sites for hydroxylation is 1. The van der Waals surface area contributed by atoms with Gasteiger partial charge in [0.1, 0.15) is 5.75 Å². The molecule has 2 amide bonds. The van der Waals surface area contributed by atoms with Crippen molar-refractivity contribution in [3.8, 4) is 5.75 Å². The molecule has 0 atom stereocenters. The number of nitrogens with one attached hydrogen (secondary N) is 2. The number of carbonyl (C=O) groups is 2. The Labute approximate surface area is 111 Å². The summed E-state index contributed by atoms with van der Waals surface area (Å²) in [5.74, 6) is -0.170. The van der Waals surface area contributed by atoms with E-state index in [4.69, 9.17) is 9.84 Å². The summed E-state index contributed by atoms with van der Waals surface area (Å²) in [6, 6.07) is 4.88. The third kappa shape index (κ3) is 5.29. The largest absolute Gasteiger partial charge is 0.494 e. The first-order valence-electron chi connectivity index (χ1n) is 6.03. The van der Waals surface area contributed by atoms with E-state index < -0.39 is 12.0 Å². The van der Waals surface area contributed by atoms with E-state index in [1.807, 2.05) is 13.8 Å². The Morgan fingerprint density at radius 1 is 1.37 bits per heavy atom. The van der Waals surface area contributed by atoms with E-state index >= 15 is 0 Å². The lowest BCUT2D eigenvalue weighted by Gasteiger charge is -2.10. The highest BCUT2D eigenvalue weighted by Crippen LogP contribution is 2.21. The van der Waals surface area contributed by atoms with Crippen molar-refractivity contribution in [3.63, 3.8) is 0 Å². The first kappa shape index (κ1) is 14.8. The molecule has 0 fully saturated rings. The Balaban J connectivity index is 2.50. The van der Waals surface area contributed by atoms with Gasteiger partial charge in [0, 0.05) is 12.2 Å². The van der Waals surface area contributed by atoms with Crippen molar-refractivity contribution < 1.29 is 19.4 Å². The number of benzene rings is 1. The van der Waals surface area contributed by atoms with E-state index in [0.29, 0.717) is 12.3 Å². The zero-order chi connectivity index (χ0) is 14.3. The molecule has 104 valence electrons. The van der Waals surface area contributed by atoms with Crippen LogP contribution in [0.4, 0.5) is 10.5 Å². The number of hydrogen-bond acceptors (Lipinski definition) is 3. The van der Waals surface area contributed by atoms with Gasteiger partial charge in [-0.15, -0.1) is 0 Å². The van der Waals surface area contributed by atoms with Gasteiger partial charge in [-0.1, -0.05) is 0 Å². The van der Waals surface area contributed by atoms with E-state index in [1.54, 1.807) is 18.2 Å². The number of carbonyl (C=O) groups excluding carboxylic acids is 1. The van der Waals surface area contributed by atoms with Gasteiger partial charge in [-0.3, -0.25) is 4.79 Å². The molecule has 1 aromatic rings. The van der Waals surface area contributed by atoms with E-state index in [-0.39, 0.29) is 13.0 Å². The fourth-order valence-corrected chi connectivity index (χ4v) is 1.50. The molecule has 0 saturated carbocycles. The average Bonchev–Trinajstić information content (AvgIpc) is 2.32. The van der Waals surface area contributed by atoms with Crippen LogP contribution in [0.25, 0.3) is 0 Å². The van der Waals surface area contributed by atoms with E-state index in [9.17, 15) is 9.59 Å². The van der Waals surface area contributed by atoms with Crippen molar-refractivity contribution in [3.05, 3.63) is 23.8 Å². The highest BCUT2D eigenvalue weighted by atomic mass is 16.5. The van der Waals surface area contributed by atoms with Crippen molar-refractivity contribution in [2.24, 2.45) is 0 Å². The van der Waals surface area contributed by atoms with Crippen LogP contribution in [0.15, 0.2) is 18.2 Å². The maximum atomic E-state index is 11.5. The maximum absolute atomic E-state index is 11.5. The molecule has 1 aromatic carbocycles. The van der Waals surface area contributed by atoms with E-state index in [2.05, 4.69) is 10.6 Å². The van der Waals surface area contributed by atoms with Crippen LogP contribution >= 0.6 is 0 Å². The van der Waals surface area contributed by atoms with Gasteiger partial charge in [0.05, 0.1) is 13.0 Å². The molecule has 6 heteroatoms. The summed E-state index contributed by atoms with van der Waals surface area (Å²) in [7, 11) is 0. The number of carboxylic acids is 1. The number of hydrogen-bond donors (Lipinski definition) is 3. The Kier molecular flexibility index (Phi) is 5.66. The van der Waals surface area contributed by atoms with Gasteiger partial charge in [-0.2, -0.15) is 0 Å². The number of ether oxygens (including phenoxy) is 1. The topological polar surface area (TPSA) is 87.7 Å². The number of urea groups is 1. The predicted octanol–water partition coefficient (Wildman–Crippen LogP) is 1.99. The summed E-state index contributed by atoms with van der Waals surface area (Å²) in [5.41, 5.74) is 1.55. The van der Waals surface area contributed by atoms with Crippen LogP contribution < -0.4 is 15.4 Å². The van der Waals surface area contributed by atoms with Crippen LogP contribution in [0.3, 0.4) is 0 Å². The van der Waals surface area contributed by atoms with Gasteiger partial charge in [0.15, 0.2) is 0 Å². The Morgan fingerprint density at radius 3 is 2.68 bits per heavy atom. The lowest BCUT2D eigenvalue weighted by Crippen LogP contribution is -2.30. The smallest absolute Gasteiger partial charge is 0.319 e. The molecule has 0 spiro atoms. The Bertz CT molecular complexity index is 460. The SMILES string of the molecule is CCOc1ccc(NC(=O)NCCC(=O)O)cc1C. The molecule has 3 N–H and O–H groups in total. The first-order valence-corrected chi connectivity index (χ1v) is 6.03. The van der Waals surface area contributed by atoms with Gasteiger partial charge >= 0.3 is 12.0 Å². The van der Waals surface area contributed by atoms with Crippen molar-refractivity contribution in [2.45, 2.75) is 20.3 Å². The van der Waals surface area contributed by atoms with Crippen LogP contribution in [0.1, 0.15) is 18.9 Å². The molecular weight excluding hydrogens is 248 g/mol. The number of amides is 2. The second-order valence-corrected chi connectivity index (χ2v) is 3.94. The number of carboxylic acid groups (broad SMARTS) is 1. The predicted molar refractivity (Wildman–Crippen MR) is 71.6 cm³/mol. The lowest BCUT2D eigenvalue weighted by atomic mass is 10.2. The summed E-state index contributed by atoms with van der Waals surface area (Å²) in [6.07, 6.45) is -0.101. The van der Waals surface area contributed by atoms with Crippen LogP contribution in [-0.2, 0) is 4.79 Å². The van der Waals surface area contributed by atoms with Gasteiger partial charge in [0.25, 0.3) is 0 Å². The van der Waals surface area contributed by atoms with Crippen molar-refractivity contribution in [1.82, 2.24) is 5.32 Å². The van der Waals surface area contributed by atoms with Gasteiger partial charge in [-0.05, 0) is 37.6 Å². The number of aliphatic carboxylic acids is 1. The van der Waals surface area contributed by atoms with Crippen LogP contribution in [0, 0.1) is 6.92 Å². The molecule has 0 aliphatic carbocycles. The van der Waals surface area contributed by atoms with Crippen molar-refractivity contribution in [2.75, 3.05) is 18.5 Å². The van der Waals surface area contributed by atoms with Crippen LogP contribution in [0.2, 0.25) is 0 Å². The molecule has 19 heavy (non-hydrogen) atoms. The average molecular weight is 266 g/mol. The molecule has 0 aliphatic heterocycles. The molecule has 0 aliphatic rings. The third-order valence-electron chi connectivity index (χ3n) is 2.36. The van der Waals surface area contributed by atoms with Crippen molar-refractivity contribution in [1.29, 1.82) is 0 Å². The van der Waals surface area contributed by atoms with Crippen LogP contribution in [0.5, 0.6) is 5.75 Å². The Hall–Kier alpha value is -2.24. The van der Waals surface area contributed by atoms with Gasteiger partial charge in [0.2, 0.25) is 0 Å². The fraction of sp³-hybridized carbons (Fsp3) is 0.385. The summed E-state index contributed by atoms with van der Waals surface area (Å²) in [6.45, 7) is 4.47. The zero-order valence-corrected chi connectivity index (χ0v) is 11.0. The standard InChI is InChI=1S/C13H18N2O4/c1-3-19-11-5-4-10(8-9(11)2)15-13(18)14-7-6-12(16)17/h4-5,8H,3,6-7H2,1-2H3,(H,16,17)(H2,14,15,18). The molecule has 6 nitrogen and oxygen atoms in total. The summed E-state index contributed by atoms with van der Waals surface area (Å²) in [5, 5.41) is 13.5. The Morgan fingerprint density at radius 2 is 2.11 bits per heavy atom. The summed E-state index contributed by atoms with van der Waals surface area (Å²) >= 11 is 0. The molecule has 0 saturated heterocycles. The normalized spacial score (nSPS) is 9.79. The molecule has 0 bridgehead atoms. The molecule has 0 heterocycles. The molecule has 0 aromatic heterocycles. The third-order valence-corrected chi connectivity index (χ3v) is 2.36. The minimum atomic E-state index is -0.947. The lowest BCUT2D eigenvalue weighted by molar-refractivity contribution is -0.136. The minimum absolute atomic E-state index is 0.0944. The fourth-order valence-electron chi connectivity index (χ4n) is 1.50. The second-order valence-electron chi connectivity index (χ2n) is 3.94. The first-order chi connectivity index (χ1) is 9.02. The molecule has 1 rings (SSSR count). The zero-order valence-electron chi connectivity index (χ0n) is 11.0. The van der Waals surface area contributed by atoms with Crippen molar-refractivity contribution >= 4 is 17.7 Å². The minimum Gasteiger partial charge on any atom is -0.494 e. The molecule has 0 radical (unpaired) electrons. The second kappa shape index (κ2) is 7.25. The van der Waals surface area contributed by atoms with E-state index in [1.165, 1.54) is 0 Å². The number of anilines is 1. The van der Waals surface area contributed by atoms with Gasteiger partial charge < -0.3 is 20.5 Å². The molecular formula is C13H18N2O4. The maximum Gasteiger partial charge on any atom is 0.319 e. The summed E-state index contributed by atoms with van der Waals surface area (Å²) < 4.78 is 5.39. The quantitative estimate of drug-likeness (QED) is 0.734. The van der Waals surface area contributed by atoms with E-state index in [0.717, 1.165) is 11.3 Å². The highest BCUT2D eigenvalue weighted by Gasteiger charge is 2.05. The monoisotopic (exact) mass is 266 g/mol. The highest BCUT2D eigenvalue weighted by molar-refractivity contribution is 5.89.